The number of hydrogen-bond acceptors (Lipinski definition) is 6. The zero-order chi connectivity index (χ0) is 24.5. The van der Waals surface area contributed by atoms with Crippen LogP contribution in [-0.2, 0) is 14.8 Å². The molecule has 0 aliphatic heterocycles. The van der Waals surface area contributed by atoms with Gasteiger partial charge in [-0.15, -0.1) is 0 Å². The van der Waals surface area contributed by atoms with Crippen molar-refractivity contribution in [1.29, 1.82) is 0 Å². The van der Waals surface area contributed by atoms with E-state index in [1.807, 2.05) is 25.1 Å². The summed E-state index contributed by atoms with van der Waals surface area (Å²) in [5.41, 5.74) is -0.156. The first-order valence-electron chi connectivity index (χ1n) is 11.4. The van der Waals surface area contributed by atoms with Crippen molar-refractivity contribution in [3.8, 4) is 11.5 Å². The normalized spacial score (nSPS) is 11.8. The van der Waals surface area contributed by atoms with Crippen molar-refractivity contribution in [1.82, 2.24) is 4.72 Å². The highest BCUT2D eigenvalue weighted by Gasteiger charge is 2.27. The van der Waals surface area contributed by atoms with Gasteiger partial charge < -0.3 is 14.8 Å². The van der Waals surface area contributed by atoms with Gasteiger partial charge in [0.2, 0.25) is 10.0 Å². The minimum Gasteiger partial charge on any atom is -0.456 e. The summed E-state index contributed by atoms with van der Waals surface area (Å²) < 4.78 is 40.8. The Labute approximate surface area is 197 Å². The molecule has 2 aromatic rings. The van der Waals surface area contributed by atoms with Crippen molar-refractivity contribution in [2.75, 3.05) is 18.4 Å². The fourth-order valence-electron chi connectivity index (χ4n) is 2.96. The van der Waals surface area contributed by atoms with Crippen LogP contribution in [0.5, 0.6) is 11.5 Å². The van der Waals surface area contributed by atoms with Crippen molar-refractivity contribution in [3.63, 3.8) is 0 Å². The van der Waals surface area contributed by atoms with E-state index in [1.54, 1.807) is 39.0 Å². The first-order valence-corrected chi connectivity index (χ1v) is 12.9. The highest BCUT2D eigenvalue weighted by atomic mass is 32.2. The van der Waals surface area contributed by atoms with Gasteiger partial charge in [0.05, 0.1) is 11.3 Å². The molecule has 2 rings (SSSR count). The van der Waals surface area contributed by atoms with Gasteiger partial charge in [0.25, 0.3) is 0 Å². The summed E-state index contributed by atoms with van der Waals surface area (Å²) >= 11 is 0. The SMILES string of the molecule is CCCCNc1cc(C(=O)OC(C)(C)C)cc(S(=O)(=O)NCCCC)c1Oc1ccccc1. The third-order valence-corrected chi connectivity index (χ3v) is 6.08. The third-order valence-electron chi connectivity index (χ3n) is 4.61. The van der Waals surface area contributed by atoms with Crippen molar-refractivity contribution in [2.45, 2.75) is 70.8 Å². The second-order valence-electron chi connectivity index (χ2n) is 8.80. The van der Waals surface area contributed by atoms with E-state index in [2.05, 4.69) is 17.0 Å². The number of nitrogens with one attached hydrogen (secondary N) is 2. The minimum atomic E-state index is -3.96. The number of unbranched alkanes of at least 4 members (excludes halogenated alkanes) is 2. The number of rotatable bonds is 12. The van der Waals surface area contributed by atoms with Crippen molar-refractivity contribution >= 4 is 21.7 Å². The molecule has 33 heavy (non-hydrogen) atoms. The van der Waals surface area contributed by atoms with E-state index >= 15 is 0 Å². The second-order valence-corrected chi connectivity index (χ2v) is 10.5. The van der Waals surface area contributed by atoms with E-state index in [0.717, 1.165) is 19.3 Å². The van der Waals surface area contributed by atoms with E-state index in [-0.39, 0.29) is 16.2 Å². The number of carbonyl (C=O) groups is 1. The van der Waals surface area contributed by atoms with Gasteiger partial charge in [0.15, 0.2) is 5.75 Å². The van der Waals surface area contributed by atoms with E-state index < -0.39 is 21.6 Å². The lowest BCUT2D eigenvalue weighted by atomic mass is 10.1. The summed E-state index contributed by atoms with van der Waals surface area (Å²) in [6.45, 7) is 10.2. The molecule has 2 aromatic carbocycles. The van der Waals surface area contributed by atoms with Crippen LogP contribution in [0.1, 0.15) is 70.7 Å². The van der Waals surface area contributed by atoms with Crippen molar-refractivity contribution < 1.29 is 22.7 Å². The van der Waals surface area contributed by atoms with Gasteiger partial charge in [-0.2, -0.15) is 0 Å². The Kier molecular flexibility index (Phi) is 9.73. The van der Waals surface area contributed by atoms with E-state index in [9.17, 15) is 13.2 Å². The zero-order valence-electron chi connectivity index (χ0n) is 20.2. The van der Waals surface area contributed by atoms with Crippen LogP contribution < -0.4 is 14.8 Å². The van der Waals surface area contributed by atoms with Gasteiger partial charge in [0, 0.05) is 13.1 Å². The van der Waals surface area contributed by atoms with Crippen LogP contribution in [0.25, 0.3) is 0 Å². The van der Waals surface area contributed by atoms with Gasteiger partial charge >= 0.3 is 5.97 Å². The first-order chi connectivity index (χ1) is 15.6. The molecular weight excluding hydrogens is 440 g/mol. The fourth-order valence-corrected chi connectivity index (χ4v) is 4.21. The van der Waals surface area contributed by atoms with Crippen LogP contribution >= 0.6 is 0 Å². The molecule has 0 saturated heterocycles. The predicted molar refractivity (Wildman–Crippen MR) is 132 cm³/mol. The lowest BCUT2D eigenvalue weighted by Gasteiger charge is -2.22. The summed E-state index contributed by atoms with van der Waals surface area (Å²) in [6, 6.07) is 11.9. The number of carbonyl (C=O) groups excluding carboxylic acids is 1. The highest BCUT2D eigenvalue weighted by molar-refractivity contribution is 7.89. The summed E-state index contributed by atoms with van der Waals surface area (Å²) in [5, 5.41) is 3.25. The van der Waals surface area contributed by atoms with E-state index in [4.69, 9.17) is 9.47 Å². The lowest BCUT2D eigenvalue weighted by molar-refractivity contribution is 0.00693. The topological polar surface area (TPSA) is 93.7 Å². The van der Waals surface area contributed by atoms with Crippen LogP contribution in [0, 0.1) is 0 Å². The van der Waals surface area contributed by atoms with Crippen LogP contribution in [0.3, 0.4) is 0 Å². The van der Waals surface area contributed by atoms with Crippen molar-refractivity contribution in [2.24, 2.45) is 0 Å². The largest absolute Gasteiger partial charge is 0.456 e. The minimum absolute atomic E-state index is 0.107. The molecule has 0 aromatic heterocycles. The van der Waals surface area contributed by atoms with Gasteiger partial charge in [-0.25, -0.2) is 17.9 Å². The Hall–Kier alpha value is -2.58. The molecule has 0 spiro atoms. The molecule has 182 valence electrons. The van der Waals surface area contributed by atoms with Gasteiger partial charge in [0.1, 0.15) is 16.2 Å². The number of para-hydroxylation sites is 1. The summed E-state index contributed by atoms with van der Waals surface area (Å²) in [6.07, 6.45) is 3.37. The van der Waals surface area contributed by atoms with Crippen molar-refractivity contribution in [3.05, 3.63) is 48.0 Å². The molecular formula is C25H36N2O5S. The van der Waals surface area contributed by atoms with Crippen LogP contribution in [-0.4, -0.2) is 33.1 Å². The quantitative estimate of drug-likeness (QED) is 0.300. The Morgan fingerprint density at radius 3 is 2.21 bits per heavy atom. The molecule has 0 fully saturated rings. The Morgan fingerprint density at radius 1 is 0.970 bits per heavy atom. The maximum Gasteiger partial charge on any atom is 0.338 e. The molecule has 0 heterocycles. The molecule has 8 heteroatoms. The Bertz CT molecular complexity index is 1020. The standard InChI is InChI=1S/C25H36N2O5S/c1-6-8-15-26-21-17-19(24(28)32-25(3,4)5)18-22(33(29,30)27-16-9-7-2)23(21)31-20-13-11-10-12-14-20/h10-14,17-18,26-27H,6-9,15-16H2,1-5H3. The Balaban J connectivity index is 2.63. The summed E-state index contributed by atoms with van der Waals surface area (Å²) in [5.74, 6) is 0.0389. The third kappa shape index (κ3) is 8.37. The highest BCUT2D eigenvalue weighted by Crippen LogP contribution is 2.38. The summed E-state index contributed by atoms with van der Waals surface area (Å²) in [7, 11) is -3.96. The van der Waals surface area contributed by atoms with Gasteiger partial charge in [-0.05, 0) is 57.9 Å². The predicted octanol–water partition coefficient (Wildman–Crippen LogP) is 5.72. The molecule has 0 aliphatic carbocycles. The molecule has 0 unspecified atom stereocenters. The molecule has 0 saturated carbocycles. The number of sulfonamides is 1. The summed E-state index contributed by atoms with van der Waals surface area (Å²) in [4.78, 5) is 12.7. The number of benzene rings is 2. The smallest absolute Gasteiger partial charge is 0.338 e. The lowest BCUT2D eigenvalue weighted by Crippen LogP contribution is -2.27. The molecule has 0 aliphatic rings. The second kappa shape index (κ2) is 12.0. The first kappa shape index (κ1) is 26.7. The maximum atomic E-state index is 13.3. The molecule has 0 atom stereocenters. The average Bonchev–Trinajstić information content (AvgIpc) is 2.74. The average molecular weight is 477 g/mol. The molecule has 0 bridgehead atoms. The van der Waals surface area contributed by atoms with E-state index in [0.29, 0.717) is 30.9 Å². The number of anilines is 1. The van der Waals surface area contributed by atoms with E-state index in [1.165, 1.54) is 6.07 Å². The Morgan fingerprint density at radius 2 is 1.61 bits per heavy atom. The maximum absolute atomic E-state index is 13.3. The monoisotopic (exact) mass is 476 g/mol. The van der Waals surface area contributed by atoms with Crippen LogP contribution in [0.15, 0.2) is 47.4 Å². The van der Waals surface area contributed by atoms with Gasteiger partial charge in [-0.3, -0.25) is 0 Å². The molecule has 7 nitrogen and oxygen atoms in total. The number of hydrogen-bond donors (Lipinski definition) is 2. The number of esters is 1. The molecule has 0 amide bonds. The molecule has 0 radical (unpaired) electrons. The number of ether oxygens (including phenoxy) is 2. The molecule has 2 N–H and O–H groups in total. The van der Waals surface area contributed by atoms with Crippen LogP contribution in [0.4, 0.5) is 5.69 Å². The van der Waals surface area contributed by atoms with Gasteiger partial charge in [-0.1, -0.05) is 44.9 Å². The zero-order valence-corrected chi connectivity index (χ0v) is 21.1. The fraction of sp³-hybridized carbons (Fsp3) is 0.480. The van der Waals surface area contributed by atoms with Crippen LogP contribution in [0.2, 0.25) is 0 Å².